The van der Waals surface area contributed by atoms with Gasteiger partial charge in [-0.05, 0) is 51.3 Å². The Bertz CT molecular complexity index is 284. The van der Waals surface area contributed by atoms with E-state index in [0.717, 1.165) is 12.1 Å². The molecule has 19 heavy (non-hydrogen) atoms. The summed E-state index contributed by atoms with van der Waals surface area (Å²) in [6, 6.07) is 1.65. The molecule has 3 rings (SSSR count). The van der Waals surface area contributed by atoms with E-state index in [1.165, 1.54) is 77.4 Å². The van der Waals surface area contributed by atoms with E-state index in [1.54, 1.807) is 0 Å². The average Bonchev–Trinajstić information content (AvgIpc) is 3.24. The molecule has 0 radical (unpaired) electrons. The molecular weight excluding hydrogens is 252 g/mol. The van der Waals surface area contributed by atoms with Gasteiger partial charge < -0.3 is 10.2 Å². The Hall–Kier alpha value is 0.270. The summed E-state index contributed by atoms with van der Waals surface area (Å²) in [4.78, 5) is 2.77. The van der Waals surface area contributed by atoms with E-state index < -0.39 is 0 Å². The Morgan fingerprint density at radius 2 is 1.84 bits per heavy atom. The molecule has 0 aromatic heterocycles. The number of likely N-dealkylation sites (tertiary alicyclic amines) is 1. The molecular formula is C16H30N2S. The summed E-state index contributed by atoms with van der Waals surface area (Å²) in [5, 5.41) is 3.84. The van der Waals surface area contributed by atoms with Crippen LogP contribution < -0.4 is 5.32 Å². The van der Waals surface area contributed by atoms with Gasteiger partial charge in [-0.25, -0.2) is 0 Å². The molecule has 2 aliphatic carbocycles. The predicted octanol–water partition coefficient (Wildman–Crippen LogP) is 3.27. The Morgan fingerprint density at radius 1 is 1.05 bits per heavy atom. The third kappa shape index (κ3) is 3.89. The minimum atomic E-state index is 0.583. The molecule has 1 aliphatic heterocycles. The Balaban J connectivity index is 1.52. The first-order valence-electron chi connectivity index (χ1n) is 8.33. The maximum atomic E-state index is 3.84. The quantitative estimate of drug-likeness (QED) is 0.833. The Labute approximate surface area is 123 Å². The van der Waals surface area contributed by atoms with Crippen molar-refractivity contribution in [1.82, 2.24) is 10.2 Å². The number of rotatable bonds is 5. The molecule has 3 heteroatoms. The lowest BCUT2D eigenvalue weighted by Gasteiger charge is -2.43. The molecule has 3 aliphatic rings. The maximum absolute atomic E-state index is 3.84. The van der Waals surface area contributed by atoms with Crippen molar-refractivity contribution < 1.29 is 0 Å². The summed E-state index contributed by atoms with van der Waals surface area (Å²) in [5.41, 5.74) is 0. The van der Waals surface area contributed by atoms with Gasteiger partial charge in [0.1, 0.15) is 0 Å². The van der Waals surface area contributed by atoms with Crippen LogP contribution in [0.1, 0.15) is 57.8 Å². The lowest BCUT2D eigenvalue weighted by atomic mass is 9.87. The largest absolute Gasteiger partial charge is 0.310 e. The van der Waals surface area contributed by atoms with E-state index in [2.05, 4.69) is 28.2 Å². The average molecular weight is 282 g/mol. The minimum Gasteiger partial charge on any atom is -0.310 e. The number of thioether (sulfide) groups is 1. The van der Waals surface area contributed by atoms with Crippen molar-refractivity contribution in [3.05, 3.63) is 0 Å². The first kappa shape index (κ1) is 14.2. The summed E-state index contributed by atoms with van der Waals surface area (Å²) in [7, 11) is 0. The van der Waals surface area contributed by atoms with E-state index >= 15 is 0 Å². The van der Waals surface area contributed by atoms with Crippen molar-refractivity contribution in [3.8, 4) is 0 Å². The lowest BCUT2D eigenvalue weighted by molar-refractivity contribution is 0.161. The molecule has 3 fully saturated rings. The highest BCUT2D eigenvalue weighted by molar-refractivity contribution is 8.00. The van der Waals surface area contributed by atoms with Crippen molar-refractivity contribution in [1.29, 1.82) is 0 Å². The topological polar surface area (TPSA) is 15.3 Å². The molecule has 0 aromatic carbocycles. The standard InChI is InChI=1S/C16H30N2S/c1-19-16(9-3-2-4-10-16)13-18-11-5-6-15(12-18)17-14-7-8-14/h14-15,17H,2-13H2,1H3. The van der Waals surface area contributed by atoms with Crippen molar-refractivity contribution in [2.24, 2.45) is 0 Å². The van der Waals surface area contributed by atoms with Gasteiger partial charge in [0, 0.05) is 29.9 Å². The van der Waals surface area contributed by atoms with E-state index in [-0.39, 0.29) is 0 Å². The Morgan fingerprint density at radius 3 is 2.53 bits per heavy atom. The summed E-state index contributed by atoms with van der Waals surface area (Å²) < 4.78 is 0.583. The molecule has 1 unspecified atom stereocenters. The van der Waals surface area contributed by atoms with Crippen LogP contribution >= 0.6 is 11.8 Å². The van der Waals surface area contributed by atoms with Crippen LogP contribution in [0.5, 0.6) is 0 Å². The number of hydrogen-bond donors (Lipinski definition) is 1. The lowest BCUT2D eigenvalue weighted by Crippen LogP contribution is -2.51. The van der Waals surface area contributed by atoms with E-state index in [9.17, 15) is 0 Å². The molecule has 1 N–H and O–H groups in total. The third-order valence-corrected chi connectivity index (χ3v) is 6.67. The van der Waals surface area contributed by atoms with Crippen molar-refractivity contribution >= 4 is 11.8 Å². The van der Waals surface area contributed by atoms with Gasteiger partial charge in [-0.1, -0.05) is 19.3 Å². The summed E-state index contributed by atoms with van der Waals surface area (Å²) in [6.07, 6.45) is 15.3. The van der Waals surface area contributed by atoms with Crippen LogP contribution in [0.3, 0.4) is 0 Å². The predicted molar refractivity (Wildman–Crippen MR) is 85.0 cm³/mol. The molecule has 2 nitrogen and oxygen atoms in total. The number of nitrogens with one attached hydrogen (secondary N) is 1. The molecule has 1 heterocycles. The van der Waals surface area contributed by atoms with Crippen molar-refractivity contribution in [2.45, 2.75) is 74.6 Å². The zero-order chi connectivity index (χ0) is 13.1. The molecule has 0 aromatic rings. The van der Waals surface area contributed by atoms with Gasteiger partial charge in [-0.2, -0.15) is 11.8 Å². The second-order valence-corrected chi connectivity index (χ2v) is 8.24. The van der Waals surface area contributed by atoms with Gasteiger partial charge in [-0.3, -0.25) is 0 Å². The van der Waals surface area contributed by atoms with Crippen LogP contribution in [-0.2, 0) is 0 Å². The smallest absolute Gasteiger partial charge is 0.0284 e. The number of nitrogens with zero attached hydrogens (tertiary/aromatic N) is 1. The fraction of sp³-hybridized carbons (Fsp3) is 1.00. The van der Waals surface area contributed by atoms with E-state index in [1.807, 2.05) is 0 Å². The molecule has 0 bridgehead atoms. The highest BCUT2D eigenvalue weighted by atomic mass is 32.2. The fourth-order valence-corrected chi connectivity index (χ4v) is 4.96. The van der Waals surface area contributed by atoms with Crippen molar-refractivity contribution in [2.75, 3.05) is 25.9 Å². The highest BCUT2D eigenvalue weighted by Crippen LogP contribution is 2.39. The highest BCUT2D eigenvalue weighted by Gasteiger charge is 2.35. The molecule has 1 atom stereocenters. The summed E-state index contributed by atoms with van der Waals surface area (Å²) >= 11 is 2.15. The normalized spacial score (nSPS) is 32.4. The zero-order valence-electron chi connectivity index (χ0n) is 12.5. The first-order chi connectivity index (χ1) is 9.30. The molecule has 1 saturated heterocycles. The van der Waals surface area contributed by atoms with Gasteiger partial charge in [-0.15, -0.1) is 0 Å². The zero-order valence-corrected chi connectivity index (χ0v) is 13.3. The van der Waals surface area contributed by atoms with Gasteiger partial charge >= 0.3 is 0 Å². The molecule has 0 spiro atoms. The van der Waals surface area contributed by atoms with E-state index in [0.29, 0.717) is 4.75 Å². The monoisotopic (exact) mass is 282 g/mol. The fourth-order valence-electron chi connectivity index (χ4n) is 3.95. The molecule has 2 saturated carbocycles. The van der Waals surface area contributed by atoms with Gasteiger partial charge in [0.2, 0.25) is 0 Å². The molecule has 110 valence electrons. The van der Waals surface area contributed by atoms with Crippen LogP contribution in [0.25, 0.3) is 0 Å². The van der Waals surface area contributed by atoms with Crippen molar-refractivity contribution in [3.63, 3.8) is 0 Å². The minimum absolute atomic E-state index is 0.583. The van der Waals surface area contributed by atoms with Crippen LogP contribution in [0.15, 0.2) is 0 Å². The van der Waals surface area contributed by atoms with Gasteiger partial charge in [0.15, 0.2) is 0 Å². The number of hydrogen-bond acceptors (Lipinski definition) is 3. The van der Waals surface area contributed by atoms with Gasteiger partial charge in [0.05, 0.1) is 0 Å². The van der Waals surface area contributed by atoms with Crippen LogP contribution in [-0.4, -0.2) is 47.6 Å². The van der Waals surface area contributed by atoms with Gasteiger partial charge in [0.25, 0.3) is 0 Å². The maximum Gasteiger partial charge on any atom is 0.0284 e. The second-order valence-electron chi connectivity index (χ2n) is 6.96. The summed E-state index contributed by atoms with van der Waals surface area (Å²) in [6.45, 7) is 3.99. The summed E-state index contributed by atoms with van der Waals surface area (Å²) in [5.74, 6) is 0. The van der Waals surface area contributed by atoms with Crippen LogP contribution in [0, 0.1) is 0 Å². The number of piperidine rings is 1. The van der Waals surface area contributed by atoms with E-state index in [4.69, 9.17) is 0 Å². The SMILES string of the molecule is CSC1(CN2CCCC(NC3CC3)C2)CCCCC1. The van der Waals surface area contributed by atoms with Crippen LogP contribution in [0.2, 0.25) is 0 Å². The first-order valence-corrected chi connectivity index (χ1v) is 9.56. The molecule has 0 amide bonds. The Kier molecular flexibility index (Phi) is 4.76. The van der Waals surface area contributed by atoms with Crippen LogP contribution in [0.4, 0.5) is 0 Å². The second kappa shape index (κ2) is 6.36. The third-order valence-electron chi connectivity index (χ3n) is 5.26.